The molecule has 2 atom stereocenters. The van der Waals surface area contributed by atoms with Gasteiger partial charge < -0.3 is 5.73 Å². The van der Waals surface area contributed by atoms with Crippen LogP contribution < -0.4 is 5.73 Å². The second-order valence-electron chi connectivity index (χ2n) is 7.40. The van der Waals surface area contributed by atoms with E-state index in [2.05, 4.69) is 27.7 Å². The average Bonchev–Trinajstić information content (AvgIpc) is 2.61. The molecule has 1 heterocycles. The Hall–Kier alpha value is -1.38. The fraction of sp³-hybridized carbons (Fsp3) is 0.727. The zero-order valence-electron chi connectivity index (χ0n) is 16.8. The van der Waals surface area contributed by atoms with Crippen molar-refractivity contribution in [1.82, 2.24) is 4.98 Å². The Bertz CT molecular complexity index is 513. The first-order valence-corrected chi connectivity index (χ1v) is 10.3. The van der Waals surface area contributed by atoms with Crippen molar-refractivity contribution in [2.75, 3.05) is 0 Å². The quantitative estimate of drug-likeness (QED) is 0.498. The number of carbonyl (C=O) groups is 1. The predicted octanol–water partition coefficient (Wildman–Crippen LogP) is 5.70. The number of aromatic nitrogens is 1. The first-order chi connectivity index (χ1) is 12.0. The van der Waals surface area contributed by atoms with E-state index >= 15 is 0 Å². The van der Waals surface area contributed by atoms with Gasteiger partial charge in [-0.2, -0.15) is 0 Å². The number of hydrogen-bond acceptors (Lipinski definition) is 2. The molecule has 3 nitrogen and oxygen atoms in total. The van der Waals surface area contributed by atoms with Gasteiger partial charge in [0.2, 0.25) is 0 Å². The Balaban J connectivity index is 2.94. The summed E-state index contributed by atoms with van der Waals surface area (Å²) in [6, 6.07) is 3.91. The van der Waals surface area contributed by atoms with Gasteiger partial charge in [0.25, 0.3) is 5.91 Å². The summed E-state index contributed by atoms with van der Waals surface area (Å²) in [5.74, 6) is 0.919. The van der Waals surface area contributed by atoms with E-state index in [4.69, 9.17) is 10.7 Å². The number of pyridine rings is 1. The molecule has 1 aromatic heterocycles. The molecule has 25 heavy (non-hydrogen) atoms. The minimum absolute atomic E-state index is 0.350. The zero-order valence-corrected chi connectivity index (χ0v) is 16.8. The van der Waals surface area contributed by atoms with Crippen LogP contribution in [0.1, 0.15) is 101 Å². The minimum Gasteiger partial charge on any atom is -0.366 e. The number of primary amides is 1. The van der Waals surface area contributed by atoms with E-state index in [9.17, 15) is 4.79 Å². The van der Waals surface area contributed by atoms with Crippen LogP contribution in [-0.2, 0) is 12.8 Å². The largest absolute Gasteiger partial charge is 0.366 e. The highest BCUT2D eigenvalue weighted by atomic mass is 16.1. The van der Waals surface area contributed by atoms with Gasteiger partial charge in [-0.3, -0.25) is 9.78 Å². The van der Waals surface area contributed by atoms with Crippen molar-refractivity contribution in [3.05, 3.63) is 29.1 Å². The Labute approximate surface area is 154 Å². The second-order valence-corrected chi connectivity index (χ2v) is 7.40. The zero-order chi connectivity index (χ0) is 18.7. The van der Waals surface area contributed by atoms with Crippen LogP contribution in [0.2, 0.25) is 0 Å². The molecule has 2 unspecified atom stereocenters. The number of unbranched alkanes of at least 4 members (excludes halogenated alkanes) is 2. The van der Waals surface area contributed by atoms with Gasteiger partial charge in [-0.05, 0) is 36.8 Å². The summed E-state index contributed by atoms with van der Waals surface area (Å²) in [5, 5.41) is 0. The molecule has 0 bridgehead atoms. The Morgan fingerprint density at radius 1 is 0.960 bits per heavy atom. The van der Waals surface area contributed by atoms with Crippen LogP contribution in [0.25, 0.3) is 0 Å². The van der Waals surface area contributed by atoms with Crippen molar-refractivity contribution in [2.24, 2.45) is 17.6 Å². The van der Waals surface area contributed by atoms with Crippen LogP contribution in [-0.4, -0.2) is 10.9 Å². The number of amides is 1. The van der Waals surface area contributed by atoms with E-state index in [1.807, 2.05) is 12.1 Å². The van der Waals surface area contributed by atoms with Crippen LogP contribution in [0.3, 0.4) is 0 Å². The standard InChI is InChI=1S/C22H38N2O/c1-5-9-11-17(7-3)15-19-13-14-20(22(23)25)21(24-19)16-18(8-4)12-10-6-2/h13-14,17-18H,5-12,15-16H2,1-4H3,(H2,23,25). The van der Waals surface area contributed by atoms with Crippen LogP contribution >= 0.6 is 0 Å². The molecule has 1 rings (SSSR count). The van der Waals surface area contributed by atoms with Crippen molar-refractivity contribution >= 4 is 5.91 Å². The van der Waals surface area contributed by atoms with Crippen LogP contribution in [0.15, 0.2) is 12.1 Å². The highest BCUT2D eigenvalue weighted by Crippen LogP contribution is 2.22. The average molecular weight is 347 g/mol. The van der Waals surface area contributed by atoms with E-state index < -0.39 is 0 Å². The Morgan fingerprint density at radius 2 is 1.52 bits per heavy atom. The van der Waals surface area contributed by atoms with Gasteiger partial charge in [0, 0.05) is 5.69 Å². The maximum absolute atomic E-state index is 11.8. The predicted molar refractivity (Wildman–Crippen MR) is 107 cm³/mol. The summed E-state index contributed by atoms with van der Waals surface area (Å²) >= 11 is 0. The maximum atomic E-state index is 11.8. The van der Waals surface area contributed by atoms with Crippen molar-refractivity contribution in [3.8, 4) is 0 Å². The fourth-order valence-electron chi connectivity index (χ4n) is 3.50. The number of nitrogens with two attached hydrogens (primary N) is 1. The lowest BCUT2D eigenvalue weighted by atomic mass is 9.91. The van der Waals surface area contributed by atoms with E-state index in [1.54, 1.807) is 0 Å². The monoisotopic (exact) mass is 346 g/mol. The first kappa shape index (κ1) is 21.7. The molecule has 1 aromatic rings. The molecule has 0 saturated carbocycles. The molecule has 3 heteroatoms. The van der Waals surface area contributed by atoms with Gasteiger partial charge in [0.05, 0.1) is 11.3 Å². The molecule has 0 aliphatic carbocycles. The van der Waals surface area contributed by atoms with E-state index in [-0.39, 0.29) is 5.91 Å². The lowest BCUT2D eigenvalue weighted by molar-refractivity contribution is 0.0998. The highest BCUT2D eigenvalue weighted by molar-refractivity contribution is 5.93. The smallest absolute Gasteiger partial charge is 0.250 e. The number of hydrogen-bond donors (Lipinski definition) is 1. The summed E-state index contributed by atoms with van der Waals surface area (Å²) in [6.45, 7) is 8.95. The summed E-state index contributed by atoms with van der Waals surface area (Å²) < 4.78 is 0. The lowest BCUT2D eigenvalue weighted by Crippen LogP contribution is -2.18. The first-order valence-electron chi connectivity index (χ1n) is 10.3. The summed E-state index contributed by atoms with van der Waals surface area (Å²) in [7, 11) is 0. The van der Waals surface area contributed by atoms with Crippen molar-refractivity contribution in [1.29, 1.82) is 0 Å². The summed E-state index contributed by atoms with van der Waals surface area (Å²) in [6.07, 6.45) is 11.6. The summed E-state index contributed by atoms with van der Waals surface area (Å²) in [5.41, 5.74) is 8.24. The molecule has 1 amide bonds. The van der Waals surface area contributed by atoms with Crippen LogP contribution in [0, 0.1) is 11.8 Å². The number of carbonyl (C=O) groups excluding carboxylic acids is 1. The number of nitrogens with zero attached hydrogens (tertiary/aromatic N) is 1. The topological polar surface area (TPSA) is 56.0 Å². The molecule has 0 spiro atoms. The minimum atomic E-state index is -0.350. The van der Waals surface area contributed by atoms with E-state index in [0.717, 1.165) is 30.7 Å². The van der Waals surface area contributed by atoms with Gasteiger partial charge in [0.1, 0.15) is 0 Å². The van der Waals surface area contributed by atoms with Crippen molar-refractivity contribution < 1.29 is 4.79 Å². The second kappa shape index (κ2) is 12.1. The molecular weight excluding hydrogens is 308 g/mol. The van der Waals surface area contributed by atoms with E-state index in [1.165, 1.54) is 44.9 Å². The van der Waals surface area contributed by atoms with Crippen molar-refractivity contribution in [3.63, 3.8) is 0 Å². The molecule has 0 saturated heterocycles. The third-order valence-corrected chi connectivity index (χ3v) is 5.36. The van der Waals surface area contributed by atoms with Gasteiger partial charge in [-0.1, -0.05) is 79.1 Å². The molecule has 0 fully saturated rings. The molecule has 2 N–H and O–H groups in total. The molecule has 0 aliphatic heterocycles. The third kappa shape index (κ3) is 7.58. The molecule has 0 radical (unpaired) electrons. The normalized spacial score (nSPS) is 13.6. The Morgan fingerprint density at radius 3 is 2.00 bits per heavy atom. The van der Waals surface area contributed by atoms with Gasteiger partial charge in [-0.15, -0.1) is 0 Å². The number of rotatable bonds is 13. The highest BCUT2D eigenvalue weighted by Gasteiger charge is 2.17. The van der Waals surface area contributed by atoms with E-state index in [0.29, 0.717) is 17.4 Å². The van der Waals surface area contributed by atoms with Crippen LogP contribution in [0.4, 0.5) is 0 Å². The van der Waals surface area contributed by atoms with Gasteiger partial charge in [-0.25, -0.2) is 0 Å². The molecule has 0 aliphatic rings. The van der Waals surface area contributed by atoms with Crippen molar-refractivity contribution in [2.45, 2.75) is 91.9 Å². The van der Waals surface area contributed by atoms with Gasteiger partial charge >= 0.3 is 0 Å². The van der Waals surface area contributed by atoms with Crippen LogP contribution in [0.5, 0.6) is 0 Å². The Kier molecular flexibility index (Phi) is 10.4. The summed E-state index contributed by atoms with van der Waals surface area (Å²) in [4.78, 5) is 16.7. The molecular formula is C22H38N2O. The SMILES string of the molecule is CCCCC(CC)Cc1ccc(C(N)=O)c(CC(CC)CCCC)n1. The van der Waals surface area contributed by atoms with Gasteiger partial charge in [0.15, 0.2) is 0 Å². The third-order valence-electron chi connectivity index (χ3n) is 5.36. The molecule has 142 valence electrons. The molecule has 0 aromatic carbocycles. The lowest BCUT2D eigenvalue weighted by Gasteiger charge is -2.18. The maximum Gasteiger partial charge on any atom is 0.250 e. The fourth-order valence-corrected chi connectivity index (χ4v) is 3.50.